The lowest BCUT2D eigenvalue weighted by Crippen LogP contribution is -2.23. The van der Waals surface area contributed by atoms with Gasteiger partial charge < -0.3 is 20.7 Å². The Hall–Kier alpha value is -3.75. The molecule has 154 valence electrons. The molecule has 1 aliphatic rings. The molecule has 0 bridgehead atoms. The third-order valence-corrected chi connectivity index (χ3v) is 4.63. The monoisotopic (exact) mass is 408 g/mol. The zero-order valence-electron chi connectivity index (χ0n) is 16.2. The van der Waals surface area contributed by atoms with Crippen LogP contribution in [-0.2, 0) is 17.9 Å². The maximum absolute atomic E-state index is 13.0. The smallest absolute Gasteiger partial charge is 0.228 e. The Labute approximate surface area is 172 Å². The van der Waals surface area contributed by atoms with Gasteiger partial charge in [-0.25, -0.2) is 4.39 Å². The van der Waals surface area contributed by atoms with Gasteiger partial charge in [0.15, 0.2) is 5.82 Å². The first kappa shape index (κ1) is 19.6. The number of carbonyl (C=O) groups excluding carboxylic acids is 1. The van der Waals surface area contributed by atoms with Crippen molar-refractivity contribution in [2.45, 2.75) is 26.0 Å². The minimum atomic E-state index is -0.291. The molecular formula is C21H21FN6O2. The molecule has 0 spiro atoms. The van der Waals surface area contributed by atoms with Crippen LogP contribution in [0.1, 0.15) is 24.2 Å². The Kier molecular flexibility index (Phi) is 5.69. The molecule has 1 amide bonds. The van der Waals surface area contributed by atoms with Crippen LogP contribution in [0.5, 0.6) is 5.75 Å². The third-order valence-electron chi connectivity index (χ3n) is 4.63. The van der Waals surface area contributed by atoms with E-state index in [1.165, 1.54) is 12.1 Å². The number of nitrogens with one attached hydrogen (secondary N) is 1. The molecule has 1 fully saturated rings. The molecule has 3 aromatic rings. The summed E-state index contributed by atoms with van der Waals surface area (Å²) in [5, 5.41) is 3.05. The summed E-state index contributed by atoms with van der Waals surface area (Å²) in [6.07, 6.45) is 1.44. The lowest BCUT2D eigenvalue weighted by Gasteiger charge is -2.16. The summed E-state index contributed by atoms with van der Waals surface area (Å²) >= 11 is 0. The Morgan fingerprint density at radius 3 is 2.73 bits per heavy atom. The van der Waals surface area contributed by atoms with E-state index in [9.17, 15) is 9.18 Å². The summed E-state index contributed by atoms with van der Waals surface area (Å²) in [7, 11) is 0. The van der Waals surface area contributed by atoms with E-state index in [2.05, 4.69) is 20.3 Å². The number of nitrogens with zero attached hydrogens (tertiary/aromatic N) is 4. The van der Waals surface area contributed by atoms with Crippen LogP contribution in [-0.4, -0.2) is 27.4 Å². The lowest BCUT2D eigenvalue weighted by atomic mass is 10.2. The zero-order valence-corrected chi connectivity index (χ0v) is 16.2. The van der Waals surface area contributed by atoms with E-state index < -0.39 is 0 Å². The van der Waals surface area contributed by atoms with Crippen LogP contribution < -0.4 is 20.7 Å². The van der Waals surface area contributed by atoms with Gasteiger partial charge in [-0.05, 0) is 36.2 Å². The van der Waals surface area contributed by atoms with Crippen molar-refractivity contribution in [2.75, 3.05) is 22.5 Å². The highest BCUT2D eigenvalue weighted by Gasteiger charge is 2.21. The van der Waals surface area contributed by atoms with Crippen molar-refractivity contribution in [3.05, 3.63) is 65.7 Å². The molecule has 9 heteroatoms. The van der Waals surface area contributed by atoms with E-state index >= 15 is 0 Å². The average Bonchev–Trinajstić information content (AvgIpc) is 3.18. The van der Waals surface area contributed by atoms with Crippen molar-refractivity contribution in [3.63, 3.8) is 0 Å². The van der Waals surface area contributed by atoms with E-state index in [1.807, 2.05) is 24.3 Å². The molecule has 30 heavy (non-hydrogen) atoms. The first-order valence-corrected chi connectivity index (χ1v) is 9.59. The van der Waals surface area contributed by atoms with E-state index in [0.29, 0.717) is 30.5 Å². The molecule has 0 aliphatic carbocycles. The number of hydrogen-bond donors (Lipinski definition) is 2. The second-order valence-corrected chi connectivity index (χ2v) is 6.85. The normalized spacial score (nSPS) is 13.5. The number of aromatic nitrogens is 3. The van der Waals surface area contributed by atoms with Crippen molar-refractivity contribution < 1.29 is 13.9 Å². The third kappa shape index (κ3) is 4.80. The fourth-order valence-electron chi connectivity index (χ4n) is 3.18. The molecule has 0 saturated carbocycles. The number of nitrogens with two attached hydrogens (primary N) is 1. The van der Waals surface area contributed by atoms with Crippen LogP contribution >= 0.6 is 0 Å². The molecule has 1 saturated heterocycles. The van der Waals surface area contributed by atoms with Crippen LogP contribution in [0.4, 0.5) is 22.0 Å². The fraction of sp³-hybridized carbons (Fsp3) is 0.238. The number of benzene rings is 2. The largest absolute Gasteiger partial charge is 0.486 e. The highest BCUT2D eigenvalue weighted by atomic mass is 19.1. The van der Waals surface area contributed by atoms with Gasteiger partial charge in [-0.1, -0.05) is 18.2 Å². The number of amides is 1. The Bertz CT molecular complexity index is 1040. The molecule has 3 N–H and O–H groups in total. The average molecular weight is 408 g/mol. The van der Waals surface area contributed by atoms with E-state index in [1.54, 1.807) is 17.0 Å². The van der Waals surface area contributed by atoms with Gasteiger partial charge in [0.25, 0.3) is 0 Å². The van der Waals surface area contributed by atoms with Gasteiger partial charge in [-0.3, -0.25) is 4.79 Å². The van der Waals surface area contributed by atoms with Gasteiger partial charge in [-0.15, -0.1) is 0 Å². The lowest BCUT2D eigenvalue weighted by molar-refractivity contribution is -0.117. The molecule has 8 nitrogen and oxygen atoms in total. The van der Waals surface area contributed by atoms with E-state index in [4.69, 9.17) is 10.5 Å². The van der Waals surface area contributed by atoms with Crippen molar-refractivity contribution >= 4 is 23.5 Å². The van der Waals surface area contributed by atoms with Crippen molar-refractivity contribution in [3.8, 4) is 5.75 Å². The summed E-state index contributed by atoms with van der Waals surface area (Å²) in [4.78, 5) is 26.2. The number of anilines is 3. The molecule has 0 atom stereocenters. The van der Waals surface area contributed by atoms with Gasteiger partial charge in [0.2, 0.25) is 17.8 Å². The Balaban J connectivity index is 1.40. The number of hydrogen-bond acceptors (Lipinski definition) is 7. The molecule has 1 aromatic heterocycles. The second kappa shape index (κ2) is 8.73. The minimum Gasteiger partial charge on any atom is -0.486 e. The molecule has 0 radical (unpaired) electrons. The van der Waals surface area contributed by atoms with E-state index in [0.717, 1.165) is 24.2 Å². The molecule has 1 aliphatic heterocycles. The summed E-state index contributed by atoms with van der Waals surface area (Å²) in [5.41, 5.74) is 7.48. The highest BCUT2D eigenvalue weighted by molar-refractivity contribution is 5.95. The predicted octanol–water partition coefficient (Wildman–Crippen LogP) is 2.91. The fourth-order valence-corrected chi connectivity index (χ4v) is 3.18. The summed E-state index contributed by atoms with van der Waals surface area (Å²) in [6, 6.07) is 13.5. The first-order valence-electron chi connectivity index (χ1n) is 9.59. The summed E-state index contributed by atoms with van der Waals surface area (Å²) < 4.78 is 18.8. The van der Waals surface area contributed by atoms with Crippen molar-refractivity contribution in [2.24, 2.45) is 0 Å². The topological polar surface area (TPSA) is 106 Å². The van der Waals surface area contributed by atoms with Crippen LogP contribution in [0, 0.1) is 5.82 Å². The standard InChI is InChI=1S/C21H21FN6O2/c22-15-8-6-14(7-9-15)12-24-21-26-18(25-20(23)27-21)13-30-17-4-1-3-16(11-17)28-10-2-5-19(28)29/h1,3-4,6-9,11H,2,5,10,12-13H2,(H3,23,24,25,26,27). The summed E-state index contributed by atoms with van der Waals surface area (Å²) in [6.45, 7) is 1.22. The van der Waals surface area contributed by atoms with Gasteiger partial charge >= 0.3 is 0 Å². The number of ether oxygens (including phenoxy) is 1. The zero-order chi connectivity index (χ0) is 20.9. The number of carbonyl (C=O) groups is 1. The SMILES string of the molecule is Nc1nc(COc2cccc(N3CCCC3=O)c2)nc(NCc2ccc(F)cc2)n1. The maximum Gasteiger partial charge on any atom is 0.228 e. The van der Waals surface area contributed by atoms with Crippen LogP contribution in [0.2, 0.25) is 0 Å². The van der Waals surface area contributed by atoms with Gasteiger partial charge in [0.1, 0.15) is 18.2 Å². The Morgan fingerprint density at radius 2 is 1.97 bits per heavy atom. The molecular weight excluding hydrogens is 387 g/mol. The highest BCUT2D eigenvalue weighted by Crippen LogP contribution is 2.25. The molecule has 2 aromatic carbocycles. The number of nitrogen functional groups attached to an aromatic ring is 1. The second-order valence-electron chi connectivity index (χ2n) is 6.85. The van der Waals surface area contributed by atoms with Crippen molar-refractivity contribution in [1.29, 1.82) is 0 Å². The number of rotatable bonds is 7. The molecule has 2 heterocycles. The molecule has 4 rings (SSSR count). The quantitative estimate of drug-likeness (QED) is 0.619. The maximum atomic E-state index is 13.0. The minimum absolute atomic E-state index is 0.0709. The van der Waals surface area contributed by atoms with E-state index in [-0.39, 0.29) is 24.3 Å². The van der Waals surface area contributed by atoms with Crippen LogP contribution in [0.15, 0.2) is 48.5 Å². The van der Waals surface area contributed by atoms with Crippen LogP contribution in [0.25, 0.3) is 0 Å². The van der Waals surface area contributed by atoms with Crippen LogP contribution in [0.3, 0.4) is 0 Å². The molecule has 0 unspecified atom stereocenters. The van der Waals surface area contributed by atoms with Gasteiger partial charge in [0, 0.05) is 31.3 Å². The Morgan fingerprint density at radius 1 is 1.13 bits per heavy atom. The predicted molar refractivity (Wildman–Crippen MR) is 110 cm³/mol. The first-order chi connectivity index (χ1) is 14.6. The van der Waals surface area contributed by atoms with Gasteiger partial charge in [-0.2, -0.15) is 15.0 Å². The number of halogens is 1. The van der Waals surface area contributed by atoms with Gasteiger partial charge in [0.05, 0.1) is 0 Å². The summed E-state index contributed by atoms with van der Waals surface area (Å²) in [5.74, 6) is 1.18. The van der Waals surface area contributed by atoms with Crippen molar-refractivity contribution in [1.82, 2.24) is 15.0 Å².